The Bertz CT molecular complexity index is 836. The maximum Gasteiger partial charge on any atom is 0.407 e. The summed E-state index contributed by atoms with van der Waals surface area (Å²) in [4.78, 5) is 13.6. The minimum Gasteiger partial charge on any atom is -0.491 e. The molecular formula is C20H28ClFN4O3. The summed E-state index contributed by atoms with van der Waals surface area (Å²) in [5, 5.41) is 6.88. The first-order valence-corrected chi connectivity index (χ1v) is 9.79. The predicted octanol–water partition coefficient (Wildman–Crippen LogP) is 4.24. The molecule has 7 nitrogen and oxygen atoms in total. The average molecular weight is 427 g/mol. The van der Waals surface area contributed by atoms with Crippen LogP contribution in [0.2, 0.25) is 5.02 Å². The largest absolute Gasteiger partial charge is 0.491 e. The van der Waals surface area contributed by atoms with Crippen molar-refractivity contribution in [1.29, 1.82) is 0 Å². The standard InChI is InChI=1S/C20H28ClFN4O3/c1-6-26-17(9-10-24-26)25(5)13-14-16(8-7-15(22)18(14)21)28-12-11-23-19(27)29-20(2,3)4/h7-10H,6,11-13H2,1-5H3,(H,23,27). The van der Waals surface area contributed by atoms with Gasteiger partial charge in [-0.1, -0.05) is 11.6 Å². The van der Waals surface area contributed by atoms with Gasteiger partial charge < -0.3 is 19.7 Å². The van der Waals surface area contributed by atoms with Gasteiger partial charge >= 0.3 is 6.09 Å². The van der Waals surface area contributed by atoms with Gasteiger partial charge in [-0.15, -0.1) is 0 Å². The van der Waals surface area contributed by atoms with Gasteiger partial charge in [0.15, 0.2) is 0 Å². The average Bonchev–Trinajstić information content (AvgIpc) is 3.11. The summed E-state index contributed by atoms with van der Waals surface area (Å²) in [5.41, 5.74) is -0.0478. The van der Waals surface area contributed by atoms with Gasteiger partial charge in [0.2, 0.25) is 0 Å². The zero-order valence-electron chi connectivity index (χ0n) is 17.5. The molecule has 0 radical (unpaired) electrons. The third-order valence-corrected chi connectivity index (χ3v) is 4.37. The molecule has 0 unspecified atom stereocenters. The molecule has 160 valence electrons. The van der Waals surface area contributed by atoms with E-state index in [1.54, 1.807) is 27.0 Å². The van der Waals surface area contributed by atoms with Crippen molar-refractivity contribution < 1.29 is 18.7 Å². The van der Waals surface area contributed by atoms with E-state index in [0.29, 0.717) is 24.4 Å². The number of halogens is 2. The number of hydrogen-bond acceptors (Lipinski definition) is 5. The van der Waals surface area contributed by atoms with E-state index in [4.69, 9.17) is 21.1 Å². The van der Waals surface area contributed by atoms with Gasteiger partial charge in [-0.3, -0.25) is 4.68 Å². The molecule has 1 aromatic carbocycles. The zero-order valence-corrected chi connectivity index (χ0v) is 18.2. The number of rotatable bonds is 8. The molecule has 0 aliphatic heterocycles. The van der Waals surface area contributed by atoms with Crippen LogP contribution in [0.3, 0.4) is 0 Å². The summed E-state index contributed by atoms with van der Waals surface area (Å²) < 4.78 is 26.8. The Morgan fingerprint density at radius 1 is 1.34 bits per heavy atom. The van der Waals surface area contributed by atoms with Crippen LogP contribution in [0.1, 0.15) is 33.3 Å². The van der Waals surface area contributed by atoms with E-state index in [-0.39, 0.29) is 18.2 Å². The molecule has 0 saturated heterocycles. The maximum absolute atomic E-state index is 14.1. The van der Waals surface area contributed by atoms with Crippen molar-refractivity contribution in [3.8, 4) is 5.75 Å². The van der Waals surface area contributed by atoms with Gasteiger partial charge in [0, 0.05) is 31.8 Å². The fraction of sp³-hybridized carbons (Fsp3) is 0.500. The van der Waals surface area contributed by atoms with Gasteiger partial charge in [-0.2, -0.15) is 5.10 Å². The van der Waals surface area contributed by atoms with Gasteiger partial charge in [-0.05, 0) is 39.8 Å². The van der Waals surface area contributed by atoms with Gasteiger partial charge in [0.1, 0.15) is 29.6 Å². The monoisotopic (exact) mass is 426 g/mol. The van der Waals surface area contributed by atoms with Gasteiger partial charge in [0.25, 0.3) is 0 Å². The van der Waals surface area contributed by atoms with Crippen LogP contribution in [0.4, 0.5) is 15.0 Å². The molecule has 1 heterocycles. The molecule has 0 fully saturated rings. The van der Waals surface area contributed by atoms with Crippen LogP contribution in [0.5, 0.6) is 5.75 Å². The van der Waals surface area contributed by atoms with Crippen molar-refractivity contribution in [2.75, 3.05) is 25.1 Å². The molecule has 2 rings (SSSR count). The molecule has 1 amide bonds. The van der Waals surface area contributed by atoms with E-state index < -0.39 is 17.5 Å². The van der Waals surface area contributed by atoms with Crippen LogP contribution in [0, 0.1) is 5.82 Å². The number of aryl methyl sites for hydroxylation is 1. The lowest BCUT2D eigenvalue weighted by molar-refractivity contribution is 0.0520. The van der Waals surface area contributed by atoms with Gasteiger partial charge in [-0.25, -0.2) is 9.18 Å². The highest BCUT2D eigenvalue weighted by Crippen LogP contribution is 2.31. The first kappa shape index (κ1) is 22.8. The van der Waals surface area contributed by atoms with E-state index in [1.807, 2.05) is 29.6 Å². The van der Waals surface area contributed by atoms with Crippen molar-refractivity contribution in [3.63, 3.8) is 0 Å². The van der Waals surface area contributed by atoms with Crippen molar-refractivity contribution in [2.45, 2.75) is 46.4 Å². The third-order valence-electron chi connectivity index (χ3n) is 3.96. The fourth-order valence-corrected chi connectivity index (χ4v) is 2.91. The molecule has 9 heteroatoms. The van der Waals surface area contributed by atoms with Crippen molar-refractivity contribution in [3.05, 3.63) is 40.8 Å². The number of alkyl carbamates (subject to hydrolysis) is 1. The first-order valence-electron chi connectivity index (χ1n) is 9.42. The van der Waals surface area contributed by atoms with Crippen molar-refractivity contribution >= 4 is 23.5 Å². The lowest BCUT2D eigenvalue weighted by atomic mass is 10.1. The Hall–Kier alpha value is -2.48. The number of aromatic nitrogens is 2. The van der Waals surface area contributed by atoms with Crippen LogP contribution in [-0.4, -0.2) is 41.7 Å². The molecule has 1 N–H and O–H groups in total. The Morgan fingerprint density at radius 3 is 2.72 bits per heavy atom. The number of hydrogen-bond donors (Lipinski definition) is 1. The number of nitrogens with one attached hydrogen (secondary N) is 1. The van der Waals surface area contributed by atoms with Crippen molar-refractivity contribution in [1.82, 2.24) is 15.1 Å². The van der Waals surface area contributed by atoms with Gasteiger partial charge in [0.05, 0.1) is 17.8 Å². The quantitative estimate of drug-likeness (QED) is 0.639. The summed E-state index contributed by atoms with van der Waals surface area (Å²) in [7, 11) is 1.87. The summed E-state index contributed by atoms with van der Waals surface area (Å²) in [6.45, 7) is 8.82. The number of ether oxygens (including phenoxy) is 2. The Labute approximate surface area is 175 Å². The molecule has 0 aliphatic rings. The van der Waals surface area contributed by atoms with Crippen LogP contribution in [0.15, 0.2) is 24.4 Å². The smallest absolute Gasteiger partial charge is 0.407 e. The Morgan fingerprint density at radius 2 is 2.07 bits per heavy atom. The predicted molar refractivity (Wildman–Crippen MR) is 111 cm³/mol. The fourth-order valence-electron chi connectivity index (χ4n) is 2.70. The zero-order chi connectivity index (χ0) is 21.6. The highest BCUT2D eigenvalue weighted by Gasteiger charge is 2.18. The molecule has 29 heavy (non-hydrogen) atoms. The second-order valence-electron chi connectivity index (χ2n) is 7.48. The second-order valence-corrected chi connectivity index (χ2v) is 7.85. The first-order chi connectivity index (χ1) is 13.6. The highest BCUT2D eigenvalue weighted by atomic mass is 35.5. The molecule has 0 bridgehead atoms. The number of nitrogens with zero attached hydrogens (tertiary/aromatic N) is 3. The highest BCUT2D eigenvalue weighted by molar-refractivity contribution is 6.31. The summed E-state index contributed by atoms with van der Waals surface area (Å²) in [5.74, 6) is 0.820. The van der Waals surface area contributed by atoms with Crippen molar-refractivity contribution in [2.24, 2.45) is 0 Å². The number of amides is 1. The number of anilines is 1. The Balaban J connectivity index is 2.04. The van der Waals surface area contributed by atoms with E-state index in [0.717, 1.165) is 5.82 Å². The molecule has 0 aliphatic carbocycles. The number of carbonyl (C=O) groups excluding carboxylic acids is 1. The van der Waals surface area contributed by atoms with Crippen LogP contribution in [0.25, 0.3) is 0 Å². The summed E-state index contributed by atoms with van der Waals surface area (Å²) in [6, 6.07) is 4.68. The molecule has 2 aromatic rings. The molecule has 0 spiro atoms. The SMILES string of the molecule is CCn1nccc1N(C)Cc1c(OCCNC(=O)OC(C)(C)C)ccc(F)c1Cl. The number of benzene rings is 1. The third kappa shape index (κ3) is 6.52. The lowest BCUT2D eigenvalue weighted by Gasteiger charge is -2.23. The molecule has 0 saturated carbocycles. The minimum absolute atomic E-state index is 0.0111. The van der Waals surface area contributed by atoms with Crippen LogP contribution in [-0.2, 0) is 17.8 Å². The van der Waals surface area contributed by atoms with Crippen LogP contribution < -0.4 is 15.0 Å². The maximum atomic E-state index is 14.1. The molecule has 1 aromatic heterocycles. The molecular weight excluding hydrogens is 399 g/mol. The second kappa shape index (κ2) is 9.82. The van der Waals surface area contributed by atoms with E-state index in [1.165, 1.54) is 12.1 Å². The number of carbonyl (C=O) groups is 1. The molecule has 0 atom stereocenters. The van der Waals surface area contributed by atoms with E-state index >= 15 is 0 Å². The minimum atomic E-state index is -0.571. The lowest BCUT2D eigenvalue weighted by Crippen LogP contribution is -2.34. The normalized spacial score (nSPS) is 11.3. The summed E-state index contributed by atoms with van der Waals surface area (Å²) in [6.07, 6.45) is 1.19. The van der Waals surface area contributed by atoms with E-state index in [9.17, 15) is 9.18 Å². The topological polar surface area (TPSA) is 68.6 Å². The summed E-state index contributed by atoms with van der Waals surface area (Å²) >= 11 is 6.22. The van der Waals surface area contributed by atoms with Crippen LogP contribution >= 0.6 is 11.6 Å². The Kier molecular flexibility index (Phi) is 7.73. The van der Waals surface area contributed by atoms with E-state index in [2.05, 4.69) is 10.4 Å².